The Balaban J connectivity index is 2.24. The van der Waals surface area contributed by atoms with Crippen molar-refractivity contribution in [1.29, 1.82) is 0 Å². The minimum Gasteiger partial charge on any atom is -0.382 e. The SMILES string of the molecule is COC[C@H](NC(=O)c1cnc(C)s1)C(=O)N[C@H](COC)C(=O)N[C@@H](Cc1ccccc1)C(=O)C(C)(O)COS(C)(=O)=O. The van der Waals surface area contributed by atoms with E-state index >= 15 is 0 Å². The van der Waals surface area contributed by atoms with Crippen LogP contribution in [0, 0.1) is 6.92 Å². The smallest absolute Gasteiger partial charge is 0.264 e. The van der Waals surface area contributed by atoms with E-state index in [0.717, 1.165) is 24.5 Å². The number of carbonyl (C=O) groups is 4. The van der Waals surface area contributed by atoms with Gasteiger partial charge in [-0.2, -0.15) is 8.42 Å². The summed E-state index contributed by atoms with van der Waals surface area (Å²) in [5, 5.41) is 19.0. The number of ether oxygens (including phenoxy) is 2. The number of aromatic nitrogens is 1. The number of nitrogens with zero attached hydrogens (tertiary/aromatic N) is 1. The Bertz CT molecular complexity index is 1330. The van der Waals surface area contributed by atoms with Gasteiger partial charge in [0.1, 0.15) is 29.2 Å². The zero-order valence-corrected chi connectivity index (χ0v) is 25.5. The van der Waals surface area contributed by atoms with Gasteiger partial charge in [-0.3, -0.25) is 23.4 Å². The van der Waals surface area contributed by atoms with Crippen LogP contribution >= 0.6 is 11.3 Å². The van der Waals surface area contributed by atoms with Gasteiger partial charge in [0.2, 0.25) is 11.8 Å². The molecule has 1 heterocycles. The molecule has 42 heavy (non-hydrogen) atoms. The van der Waals surface area contributed by atoms with Gasteiger partial charge in [-0.05, 0) is 25.8 Å². The summed E-state index contributed by atoms with van der Waals surface area (Å²) in [6.45, 7) is 1.40. The molecule has 16 heteroatoms. The Morgan fingerprint density at radius 1 is 0.976 bits per heavy atom. The van der Waals surface area contributed by atoms with Crippen molar-refractivity contribution in [2.24, 2.45) is 0 Å². The molecule has 0 spiro atoms. The molecule has 14 nitrogen and oxygen atoms in total. The molecule has 0 bridgehead atoms. The van der Waals surface area contributed by atoms with Gasteiger partial charge in [0, 0.05) is 14.2 Å². The maximum atomic E-state index is 13.4. The van der Waals surface area contributed by atoms with Crippen molar-refractivity contribution >= 4 is 45.0 Å². The normalized spacial score (nSPS) is 15.1. The Morgan fingerprint density at radius 3 is 2.02 bits per heavy atom. The number of Topliss-reactive ketones (excluding diaryl/α,β-unsaturated/α-hetero) is 1. The van der Waals surface area contributed by atoms with Crippen molar-refractivity contribution in [1.82, 2.24) is 20.9 Å². The maximum Gasteiger partial charge on any atom is 0.264 e. The van der Waals surface area contributed by atoms with Crippen LogP contribution in [-0.2, 0) is 44.6 Å². The van der Waals surface area contributed by atoms with E-state index in [2.05, 4.69) is 25.1 Å². The highest BCUT2D eigenvalue weighted by atomic mass is 32.2. The Kier molecular flexibility index (Phi) is 13.1. The fourth-order valence-electron chi connectivity index (χ4n) is 3.67. The van der Waals surface area contributed by atoms with Gasteiger partial charge in [-0.15, -0.1) is 11.3 Å². The van der Waals surface area contributed by atoms with E-state index in [1.165, 1.54) is 20.4 Å². The molecule has 0 aliphatic carbocycles. The number of hydrogen-bond donors (Lipinski definition) is 4. The summed E-state index contributed by atoms with van der Waals surface area (Å²) in [7, 11) is -1.34. The molecule has 1 aromatic carbocycles. The molecule has 232 valence electrons. The summed E-state index contributed by atoms with van der Waals surface area (Å²) in [5.41, 5.74) is -1.66. The van der Waals surface area contributed by atoms with Crippen molar-refractivity contribution < 1.29 is 46.4 Å². The molecule has 0 aliphatic heterocycles. The average Bonchev–Trinajstić information content (AvgIpc) is 3.37. The van der Waals surface area contributed by atoms with E-state index < -0.39 is 64.0 Å². The minimum absolute atomic E-state index is 0.0648. The number of rotatable bonds is 17. The Morgan fingerprint density at radius 2 is 1.52 bits per heavy atom. The summed E-state index contributed by atoms with van der Waals surface area (Å²) in [6.07, 6.45) is 2.08. The van der Waals surface area contributed by atoms with Gasteiger partial charge in [-0.25, -0.2) is 4.98 Å². The highest BCUT2D eigenvalue weighted by molar-refractivity contribution is 7.86. The molecule has 4 atom stereocenters. The Hall–Kier alpha value is -3.28. The second-order valence-corrected chi connectivity index (χ2v) is 12.5. The molecule has 1 aromatic heterocycles. The summed E-state index contributed by atoms with van der Waals surface area (Å²) in [5.74, 6) is -3.07. The van der Waals surface area contributed by atoms with Gasteiger partial charge >= 0.3 is 0 Å². The number of nitrogens with one attached hydrogen (secondary N) is 3. The number of hydrogen-bond acceptors (Lipinski definition) is 12. The standard InChI is InChI=1S/C26H36N4O10S2/c1-16-27-12-21(41-16)25(34)30-20(14-39-4)24(33)29-19(13-38-3)23(32)28-18(11-17-9-7-6-8-10-17)22(31)26(2,35)15-40-42(5,36)37/h6-10,12,18-20,35H,11,13-15H2,1-5H3,(H,28,32)(H,29,33)(H,30,34)/t18-,19+,20-,26?/m0/s1. The van der Waals surface area contributed by atoms with Gasteiger partial charge in [0.05, 0.1) is 36.7 Å². The van der Waals surface area contributed by atoms with Crippen LogP contribution < -0.4 is 16.0 Å². The largest absolute Gasteiger partial charge is 0.382 e. The van der Waals surface area contributed by atoms with Gasteiger partial charge in [0.25, 0.3) is 16.0 Å². The van der Waals surface area contributed by atoms with E-state index in [1.54, 1.807) is 37.3 Å². The number of amides is 3. The number of carbonyl (C=O) groups excluding carboxylic acids is 4. The molecular formula is C26H36N4O10S2. The van der Waals surface area contributed by atoms with E-state index in [9.17, 15) is 32.7 Å². The number of thiazole rings is 1. The highest BCUT2D eigenvalue weighted by Gasteiger charge is 2.39. The van der Waals surface area contributed by atoms with Crippen molar-refractivity contribution in [2.45, 2.75) is 44.0 Å². The second-order valence-electron chi connectivity index (χ2n) is 9.60. The molecule has 2 aromatic rings. The molecular weight excluding hydrogens is 592 g/mol. The molecule has 0 saturated heterocycles. The van der Waals surface area contributed by atoms with Crippen LogP contribution in [0.15, 0.2) is 36.5 Å². The number of benzene rings is 1. The first kappa shape index (κ1) is 34.9. The molecule has 2 rings (SSSR count). The summed E-state index contributed by atoms with van der Waals surface area (Å²) in [6, 6.07) is 4.73. The number of ketones is 1. The zero-order chi connectivity index (χ0) is 31.5. The molecule has 1 unspecified atom stereocenters. The lowest BCUT2D eigenvalue weighted by Crippen LogP contribution is -2.60. The van der Waals surface area contributed by atoms with Crippen LogP contribution in [-0.4, -0.2) is 106 Å². The summed E-state index contributed by atoms with van der Waals surface area (Å²) >= 11 is 1.14. The first-order valence-electron chi connectivity index (χ1n) is 12.6. The molecule has 4 N–H and O–H groups in total. The number of aliphatic hydroxyl groups is 1. The van der Waals surface area contributed by atoms with E-state index in [0.29, 0.717) is 10.6 Å². The second kappa shape index (κ2) is 15.8. The monoisotopic (exact) mass is 628 g/mol. The average molecular weight is 629 g/mol. The van der Waals surface area contributed by atoms with Gasteiger partial charge in [-0.1, -0.05) is 30.3 Å². The minimum atomic E-state index is -3.98. The fraction of sp³-hybridized carbons (Fsp3) is 0.500. The third kappa shape index (κ3) is 11.2. The van der Waals surface area contributed by atoms with Crippen LogP contribution in [0.1, 0.15) is 27.2 Å². The van der Waals surface area contributed by atoms with Crippen molar-refractivity contribution in [3.05, 3.63) is 52.0 Å². The first-order valence-corrected chi connectivity index (χ1v) is 15.3. The van der Waals surface area contributed by atoms with Crippen LogP contribution in [0.5, 0.6) is 0 Å². The van der Waals surface area contributed by atoms with Gasteiger partial charge in [0.15, 0.2) is 5.78 Å². The molecule has 0 radical (unpaired) electrons. The third-order valence-electron chi connectivity index (χ3n) is 5.77. The Labute approximate surface area is 248 Å². The highest BCUT2D eigenvalue weighted by Crippen LogP contribution is 2.15. The van der Waals surface area contributed by atoms with Crippen LogP contribution in [0.4, 0.5) is 0 Å². The maximum absolute atomic E-state index is 13.4. The molecule has 0 saturated carbocycles. The number of methoxy groups -OCH3 is 2. The van der Waals surface area contributed by atoms with Crippen molar-refractivity contribution in [3.63, 3.8) is 0 Å². The van der Waals surface area contributed by atoms with E-state index in [-0.39, 0.29) is 24.5 Å². The molecule has 0 fully saturated rings. The predicted octanol–water partition coefficient (Wildman–Crippen LogP) is -0.649. The lowest BCUT2D eigenvalue weighted by molar-refractivity contribution is -0.143. The van der Waals surface area contributed by atoms with Crippen LogP contribution in [0.25, 0.3) is 0 Å². The quantitative estimate of drug-likeness (QED) is 0.162. The first-order chi connectivity index (χ1) is 19.7. The third-order valence-corrected chi connectivity index (χ3v) is 7.22. The van der Waals surface area contributed by atoms with E-state index in [4.69, 9.17) is 9.47 Å². The summed E-state index contributed by atoms with van der Waals surface area (Å²) in [4.78, 5) is 56.7. The molecule has 3 amide bonds. The zero-order valence-electron chi connectivity index (χ0n) is 23.9. The van der Waals surface area contributed by atoms with Crippen molar-refractivity contribution in [2.75, 3.05) is 40.3 Å². The van der Waals surface area contributed by atoms with Gasteiger partial charge < -0.3 is 30.5 Å². The van der Waals surface area contributed by atoms with Crippen LogP contribution in [0.2, 0.25) is 0 Å². The predicted molar refractivity (Wildman–Crippen MR) is 152 cm³/mol. The summed E-state index contributed by atoms with van der Waals surface area (Å²) < 4.78 is 37.7. The van der Waals surface area contributed by atoms with Crippen LogP contribution in [0.3, 0.4) is 0 Å². The van der Waals surface area contributed by atoms with Crippen molar-refractivity contribution in [3.8, 4) is 0 Å². The topological polar surface area (TPSA) is 199 Å². The lowest BCUT2D eigenvalue weighted by Gasteiger charge is -2.29. The lowest BCUT2D eigenvalue weighted by atomic mass is 9.91. The van der Waals surface area contributed by atoms with E-state index in [1.807, 2.05) is 0 Å². The molecule has 0 aliphatic rings. The number of aryl methyl sites for hydroxylation is 1. The fourth-order valence-corrected chi connectivity index (χ4v) is 4.79.